The predicted molar refractivity (Wildman–Crippen MR) is 71.2 cm³/mol. The molecule has 0 radical (unpaired) electrons. The first-order valence-electron chi connectivity index (χ1n) is 5.46. The molecule has 2 aromatic heterocycles. The quantitative estimate of drug-likeness (QED) is 0.581. The summed E-state index contributed by atoms with van der Waals surface area (Å²) in [6, 6.07) is 0. The maximum absolute atomic E-state index is 11.1. The van der Waals surface area contributed by atoms with E-state index in [1.165, 1.54) is 12.5 Å². The van der Waals surface area contributed by atoms with Gasteiger partial charge >= 0.3 is 6.09 Å². The molecule has 0 spiro atoms. The molecule has 2 heterocycles. The van der Waals surface area contributed by atoms with E-state index in [1.54, 1.807) is 6.20 Å². The molecule has 92 valence electrons. The molecular formula is C12H13N3O2Si. The maximum atomic E-state index is 11.1. The van der Waals surface area contributed by atoms with Gasteiger partial charge in [0.15, 0.2) is 5.65 Å². The molecule has 0 aliphatic heterocycles. The number of hydrogen-bond donors (Lipinski definition) is 1. The van der Waals surface area contributed by atoms with Gasteiger partial charge in [-0.05, 0) is 0 Å². The standard InChI is InChI=1S/C12H13N3O2Si/c1-18(2,3)5-4-9-7-15(12(16)17)11-10(9)6-13-8-14-11/h6-8H,1-3H3,(H,16,17). The second kappa shape index (κ2) is 4.27. The van der Waals surface area contributed by atoms with E-state index in [0.717, 1.165) is 4.57 Å². The zero-order valence-corrected chi connectivity index (χ0v) is 11.4. The Hall–Kier alpha value is -2.13. The highest BCUT2D eigenvalue weighted by Crippen LogP contribution is 2.17. The molecule has 0 saturated heterocycles. The Morgan fingerprint density at radius 1 is 1.44 bits per heavy atom. The Bertz CT molecular complexity index is 674. The van der Waals surface area contributed by atoms with E-state index in [0.29, 0.717) is 16.6 Å². The summed E-state index contributed by atoms with van der Waals surface area (Å²) >= 11 is 0. The Labute approximate surface area is 105 Å². The molecular weight excluding hydrogens is 246 g/mol. The molecule has 0 amide bonds. The number of carboxylic acid groups (broad SMARTS) is 1. The molecule has 1 N–H and O–H groups in total. The summed E-state index contributed by atoms with van der Waals surface area (Å²) < 4.78 is 1.07. The third kappa shape index (κ3) is 2.41. The molecule has 0 aliphatic carbocycles. The topological polar surface area (TPSA) is 68.0 Å². The van der Waals surface area contributed by atoms with E-state index >= 15 is 0 Å². The van der Waals surface area contributed by atoms with Gasteiger partial charge in [0.25, 0.3) is 0 Å². The first-order chi connectivity index (χ1) is 8.38. The third-order valence-corrected chi connectivity index (χ3v) is 3.12. The molecule has 0 fully saturated rings. The highest BCUT2D eigenvalue weighted by molar-refractivity contribution is 6.83. The Balaban J connectivity index is 2.65. The van der Waals surface area contributed by atoms with Gasteiger partial charge in [0.1, 0.15) is 14.4 Å². The monoisotopic (exact) mass is 259 g/mol. The van der Waals surface area contributed by atoms with Crippen LogP contribution in [0.3, 0.4) is 0 Å². The van der Waals surface area contributed by atoms with Crippen molar-refractivity contribution in [1.82, 2.24) is 14.5 Å². The number of fused-ring (bicyclic) bond motifs is 1. The number of nitrogens with zero attached hydrogens (tertiary/aromatic N) is 3. The maximum Gasteiger partial charge on any atom is 0.417 e. The molecule has 2 aromatic rings. The molecule has 0 atom stereocenters. The van der Waals surface area contributed by atoms with Gasteiger partial charge in [-0.1, -0.05) is 25.6 Å². The summed E-state index contributed by atoms with van der Waals surface area (Å²) in [7, 11) is -1.50. The van der Waals surface area contributed by atoms with Crippen molar-refractivity contribution < 1.29 is 9.90 Å². The van der Waals surface area contributed by atoms with Crippen LogP contribution in [-0.4, -0.2) is 33.8 Å². The van der Waals surface area contributed by atoms with Crippen LogP contribution < -0.4 is 0 Å². The van der Waals surface area contributed by atoms with E-state index in [4.69, 9.17) is 5.11 Å². The zero-order valence-electron chi connectivity index (χ0n) is 10.4. The average molecular weight is 259 g/mol. The van der Waals surface area contributed by atoms with Crippen LogP contribution in [0.5, 0.6) is 0 Å². The molecule has 18 heavy (non-hydrogen) atoms. The van der Waals surface area contributed by atoms with Gasteiger partial charge in [-0.3, -0.25) is 0 Å². The van der Waals surface area contributed by atoms with Gasteiger partial charge in [0, 0.05) is 12.4 Å². The summed E-state index contributed by atoms with van der Waals surface area (Å²) in [4.78, 5) is 19.0. The molecule has 0 saturated carbocycles. The molecule has 0 unspecified atom stereocenters. The van der Waals surface area contributed by atoms with Gasteiger partial charge < -0.3 is 5.11 Å². The van der Waals surface area contributed by atoms with Gasteiger partial charge in [-0.15, -0.1) is 5.54 Å². The van der Waals surface area contributed by atoms with E-state index in [9.17, 15) is 4.79 Å². The number of carbonyl (C=O) groups is 1. The van der Waals surface area contributed by atoms with E-state index in [1.807, 2.05) is 0 Å². The van der Waals surface area contributed by atoms with Gasteiger partial charge in [0.05, 0.1) is 10.9 Å². The van der Waals surface area contributed by atoms with E-state index < -0.39 is 14.2 Å². The summed E-state index contributed by atoms with van der Waals surface area (Å²) in [6.07, 6.45) is 3.35. The molecule has 6 heteroatoms. The SMILES string of the molecule is C[Si](C)(C)C#Cc1cn(C(=O)O)c2ncncc12. The fraction of sp³-hybridized carbons (Fsp3) is 0.250. The van der Waals surface area contributed by atoms with Gasteiger partial charge in [-0.25, -0.2) is 19.3 Å². The van der Waals surface area contributed by atoms with Crippen LogP contribution in [0.1, 0.15) is 5.56 Å². The summed E-state index contributed by atoms with van der Waals surface area (Å²) in [6.45, 7) is 6.40. The number of aromatic nitrogens is 3. The van der Waals surface area contributed by atoms with Crippen molar-refractivity contribution in [3.63, 3.8) is 0 Å². The minimum Gasteiger partial charge on any atom is -0.464 e. The van der Waals surface area contributed by atoms with Crippen molar-refractivity contribution in [2.75, 3.05) is 0 Å². The second-order valence-corrected chi connectivity index (χ2v) is 9.71. The lowest BCUT2D eigenvalue weighted by atomic mass is 10.3. The van der Waals surface area contributed by atoms with Crippen molar-refractivity contribution in [3.05, 3.63) is 24.3 Å². The van der Waals surface area contributed by atoms with Crippen molar-refractivity contribution in [1.29, 1.82) is 0 Å². The van der Waals surface area contributed by atoms with Crippen molar-refractivity contribution >= 4 is 25.2 Å². The normalized spacial score (nSPS) is 11.1. The second-order valence-electron chi connectivity index (χ2n) is 4.96. The number of rotatable bonds is 0. The van der Waals surface area contributed by atoms with E-state index in [2.05, 4.69) is 41.1 Å². The molecule has 0 bridgehead atoms. The highest BCUT2D eigenvalue weighted by atomic mass is 28.3. The first-order valence-corrected chi connectivity index (χ1v) is 8.96. The minimum absolute atomic E-state index is 0.373. The van der Waals surface area contributed by atoms with Crippen molar-refractivity contribution in [2.45, 2.75) is 19.6 Å². The smallest absolute Gasteiger partial charge is 0.417 e. The lowest BCUT2D eigenvalue weighted by Gasteiger charge is -2.02. The lowest BCUT2D eigenvalue weighted by molar-refractivity contribution is 0.197. The largest absolute Gasteiger partial charge is 0.464 e. The van der Waals surface area contributed by atoms with Crippen LogP contribution in [0.25, 0.3) is 11.0 Å². The summed E-state index contributed by atoms with van der Waals surface area (Å²) in [5, 5.41) is 9.76. The van der Waals surface area contributed by atoms with E-state index in [-0.39, 0.29) is 0 Å². The van der Waals surface area contributed by atoms with Crippen LogP contribution in [0.2, 0.25) is 19.6 Å². The Kier molecular flexibility index (Phi) is 2.93. The highest BCUT2D eigenvalue weighted by Gasteiger charge is 2.13. The van der Waals surface area contributed by atoms with Crippen LogP contribution in [0.15, 0.2) is 18.7 Å². The van der Waals surface area contributed by atoms with Gasteiger partial charge in [0.2, 0.25) is 0 Å². The fourth-order valence-corrected chi connectivity index (χ4v) is 1.97. The van der Waals surface area contributed by atoms with Crippen molar-refractivity contribution in [3.8, 4) is 11.5 Å². The first kappa shape index (κ1) is 12.3. The molecule has 0 aromatic carbocycles. The van der Waals surface area contributed by atoms with Crippen LogP contribution in [0, 0.1) is 11.5 Å². The Morgan fingerprint density at radius 2 is 2.17 bits per heavy atom. The van der Waals surface area contributed by atoms with Crippen LogP contribution in [0.4, 0.5) is 4.79 Å². The summed E-state index contributed by atoms with van der Waals surface area (Å²) in [5.74, 6) is 3.05. The Morgan fingerprint density at radius 3 is 2.78 bits per heavy atom. The van der Waals surface area contributed by atoms with Crippen molar-refractivity contribution in [2.24, 2.45) is 0 Å². The molecule has 5 nitrogen and oxygen atoms in total. The molecule has 0 aliphatic rings. The van der Waals surface area contributed by atoms with Crippen LogP contribution >= 0.6 is 0 Å². The lowest BCUT2D eigenvalue weighted by Crippen LogP contribution is -2.16. The predicted octanol–water partition coefficient (Wildman–Crippen LogP) is 2.19. The zero-order chi connectivity index (χ0) is 13.3. The summed E-state index contributed by atoms with van der Waals surface area (Å²) in [5.41, 5.74) is 4.24. The fourth-order valence-electron chi connectivity index (χ4n) is 1.47. The minimum atomic E-state index is -1.50. The number of hydrogen-bond acceptors (Lipinski definition) is 3. The van der Waals surface area contributed by atoms with Gasteiger partial charge in [-0.2, -0.15) is 0 Å². The van der Waals surface area contributed by atoms with Crippen LogP contribution in [-0.2, 0) is 0 Å². The molecule has 2 rings (SSSR count). The third-order valence-electron chi connectivity index (χ3n) is 2.25. The average Bonchev–Trinajstić information content (AvgIpc) is 2.64.